The van der Waals surface area contributed by atoms with E-state index >= 15 is 0 Å². The summed E-state index contributed by atoms with van der Waals surface area (Å²) in [7, 11) is 1.54. The summed E-state index contributed by atoms with van der Waals surface area (Å²) in [6.07, 6.45) is 1.96. The van der Waals surface area contributed by atoms with E-state index in [-0.39, 0.29) is 17.5 Å². The predicted octanol–water partition coefficient (Wildman–Crippen LogP) is 3.15. The standard InChI is InChI=1S/C20H22N2O4/c1-25-19-9-8-14(11-17(19)23)12-21-10-4-5-15(13-21)22-16-6-2-3-7-18(16)26-20(22)24/h2-3,6-9,11,15,23H,4-5,10,12-13H2,1H3/t15-/m0/s1. The number of ether oxygens (including phenoxy) is 1. The number of rotatable bonds is 4. The first kappa shape index (κ1) is 16.7. The molecule has 0 radical (unpaired) electrons. The van der Waals surface area contributed by atoms with Crippen LogP contribution in [0.1, 0.15) is 24.4 Å². The Balaban J connectivity index is 1.55. The lowest BCUT2D eigenvalue weighted by molar-refractivity contribution is 0.167. The van der Waals surface area contributed by atoms with E-state index in [1.54, 1.807) is 16.7 Å². The number of phenols is 1. The van der Waals surface area contributed by atoms with Crippen molar-refractivity contribution in [2.75, 3.05) is 20.2 Å². The maximum Gasteiger partial charge on any atom is 0.420 e. The number of aromatic hydroxyl groups is 1. The Bertz CT molecular complexity index is 975. The van der Waals surface area contributed by atoms with Gasteiger partial charge in [-0.25, -0.2) is 4.79 Å². The molecule has 0 spiro atoms. The number of likely N-dealkylation sites (tertiary alicyclic amines) is 1. The summed E-state index contributed by atoms with van der Waals surface area (Å²) in [6, 6.07) is 13.1. The van der Waals surface area contributed by atoms with Gasteiger partial charge in [0.2, 0.25) is 0 Å². The van der Waals surface area contributed by atoms with Gasteiger partial charge in [0.05, 0.1) is 18.7 Å². The zero-order valence-corrected chi connectivity index (χ0v) is 14.7. The van der Waals surface area contributed by atoms with Crippen LogP contribution in [-0.4, -0.2) is 34.8 Å². The van der Waals surface area contributed by atoms with Crippen LogP contribution in [0.3, 0.4) is 0 Å². The van der Waals surface area contributed by atoms with Crippen molar-refractivity contribution >= 4 is 11.1 Å². The van der Waals surface area contributed by atoms with Crippen LogP contribution in [0.15, 0.2) is 51.7 Å². The number of piperidine rings is 1. The lowest BCUT2D eigenvalue weighted by Crippen LogP contribution is -2.38. The quantitative estimate of drug-likeness (QED) is 0.780. The lowest BCUT2D eigenvalue weighted by atomic mass is 10.0. The Morgan fingerprint density at radius 3 is 2.92 bits per heavy atom. The molecule has 1 atom stereocenters. The third-order valence-corrected chi connectivity index (χ3v) is 5.01. The van der Waals surface area contributed by atoms with Crippen molar-refractivity contribution < 1.29 is 14.3 Å². The van der Waals surface area contributed by atoms with Gasteiger partial charge in [0.25, 0.3) is 0 Å². The highest BCUT2D eigenvalue weighted by molar-refractivity contribution is 5.72. The second kappa shape index (κ2) is 6.88. The minimum Gasteiger partial charge on any atom is -0.504 e. The molecule has 2 heterocycles. The van der Waals surface area contributed by atoms with Gasteiger partial charge in [0.1, 0.15) is 0 Å². The van der Waals surface area contributed by atoms with Crippen LogP contribution in [-0.2, 0) is 6.54 Å². The van der Waals surface area contributed by atoms with Crippen molar-refractivity contribution in [1.29, 1.82) is 0 Å². The highest BCUT2D eigenvalue weighted by atomic mass is 16.5. The number of para-hydroxylation sites is 2. The molecule has 0 amide bonds. The van der Waals surface area contributed by atoms with Gasteiger partial charge in [0.15, 0.2) is 17.1 Å². The Labute approximate surface area is 151 Å². The third-order valence-electron chi connectivity index (χ3n) is 5.01. The summed E-state index contributed by atoms with van der Waals surface area (Å²) in [4.78, 5) is 14.7. The monoisotopic (exact) mass is 354 g/mol. The molecular formula is C20H22N2O4. The van der Waals surface area contributed by atoms with Crippen molar-refractivity contribution in [3.63, 3.8) is 0 Å². The van der Waals surface area contributed by atoms with E-state index in [0.29, 0.717) is 11.3 Å². The third kappa shape index (κ3) is 3.08. The first-order valence-corrected chi connectivity index (χ1v) is 8.84. The van der Waals surface area contributed by atoms with Crippen molar-refractivity contribution in [2.24, 2.45) is 0 Å². The zero-order chi connectivity index (χ0) is 18.1. The number of methoxy groups -OCH3 is 1. The molecule has 0 saturated carbocycles. The number of hydrogen-bond acceptors (Lipinski definition) is 5. The fourth-order valence-electron chi connectivity index (χ4n) is 3.81. The Morgan fingerprint density at radius 2 is 2.12 bits per heavy atom. The van der Waals surface area contributed by atoms with Crippen LogP contribution < -0.4 is 10.5 Å². The number of nitrogens with zero attached hydrogens (tertiary/aromatic N) is 2. The van der Waals surface area contributed by atoms with Crippen LogP contribution in [0, 0.1) is 0 Å². The minimum atomic E-state index is -0.292. The van der Waals surface area contributed by atoms with Crippen LogP contribution in [0.25, 0.3) is 11.1 Å². The lowest BCUT2D eigenvalue weighted by Gasteiger charge is -2.33. The molecule has 1 fully saturated rings. The fourth-order valence-corrected chi connectivity index (χ4v) is 3.81. The van der Waals surface area contributed by atoms with Gasteiger partial charge in [-0.15, -0.1) is 0 Å². The summed E-state index contributed by atoms with van der Waals surface area (Å²) >= 11 is 0. The van der Waals surface area contributed by atoms with E-state index < -0.39 is 0 Å². The smallest absolute Gasteiger partial charge is 0.420 e. The number of oxazole rings is 1. The maximum atomic E-state index is 12.3. The zero-order valence-electron chi connectivity index (χ0n) is 14.7. The van der Waals surface area contributed by atoms with Crippen molar-refractivity contribution in [3.8, 4) is 11.5 Å². The summed E-state index contributed by atoms with van der Waals surface area (Å²) in [5.74, 6) is 0.331. The Kier molecular flexibility index (Phi) is 4.42. The van der Waals surface area contributed by atoms with E-state index in [1.807, 2.05) is 30.3 Å². The molecule has 1 aliphatic rings. The topological polar surface area (TPSA) is 67.8 Å². The molecule has 1 aromatic heterocycles. The molecule has 0 unspecified atom stereocenters. The van der Waals surface area contributed by atoms with Crippen LogP contribution in [0.5, 0.6) is 11.5 Å². The van der Waals surface area contributed by atoms with Crippen LogP contribution >= 0.6 is 0 Å². The van der Waals surface area contributed by atoms with Gasteiger partial charge < -0.3 is 14.3 Å². The summed E-state index contributed by atoms with van der Waals surface area (Å²) in [5, 5.41) is 9.98. The van der Waals surface area contributed by atoms with E-state index in [2.05, 4.69) is 4.90 Å². The van der Waals surface area contributed by atoms with E-state index in [0.717, 1.165) is 43.6 Å². The summed E-state index contributed by atoms with van der Waals surface area (Å²) in [5.41, 5.74) is 2.51. The number of phenolic OH excluding ortho intramolecular Hbond substituents is 1. The molecular weight excluding hydrogens is 332 g/mol. The summed E-state index contributed by atoms with van der Waals surface area (Å²) in [6.45, 7) is 2.46. The van der Waals surface area contributed by atoms with Crippen molar-refractivity contribution in [1.82, 2.24) is 9.47 Å². The molecule has 0 aliphatic carbocycles. The predicted molar refractivity (Wildman–Crippen MR) is 98.7 cm³/mol. The number of aromatic nitrogens is 1. The first-order valence-electron chi connectivity index (χ1n) is 8.84. The van der Waals surface area contributed by atoms with Crippen molar-refractivity contribution in [2.45, 2.75) is 25.4 Å². The van der Waals surface area contributed by atoms with Crippen LogP contribution in [0.2, 0.25) is 0 Å². The first-order chi connectivity index (χ1) is 12.7. The molecule has 1 saturated heterocycles. The van der Waals surface area contributed by atoms with Gasteiger partial charge in [-0.2, -0.15) is 0 Å². The molecule has 6 nitrogen and oxygen atoms in total. The largest absolute Gasteiger partial charge is 0.504 e. The molecule has 1 N–H and O–H groups in total. The van der Waals surface area contributed by atoms with Crippen LogP contribution in [0.4, 0.5) is 0 Å². The maximum absolute atomic E-state index is 12.3. The average Bonchev–Trinajstić information content (AvgIpc) is 2.98. The van der Waals surface area contributed by atoms with Gasteiger partial charge >= 0.3 is 5.76 Å². The number of fused-ring (bicyclic) bond motifs is 1. The molecule has 0 bridgehead atoms. The highest BCUT2D eigenvalue weighted by Crippen LogP contribution is 2.29. The second-order valence-corrected chi connectivity index (χ2v) is 6.74. The molecule has 2 aromatic carbocycles. The molecule has 6 heteroatoms. The molecule has 136 valence electrons. The molecule has 1 aliphatic heterocycles. The number of hydrogen-bond donors (Lipinski definition) is 1. The highest BCUT2D eigenvalue weighted by Gasteiger charge is 2.25. The summed E-state index contributed by atoms with van der Waals surface area (Å²) < 4.78 is 12.3. The molecule has 4 rings (SSSR count). The van der Waals surface area contributed by atoms with E-state index in [4.69, 9.17) is 9.15 Å². The fraction of sp³-hybridized carbons (Fsp3) is 0.350. The average molecular weight is 354 g/mol. The van der Waals surface area contributed by atoms with Gasteiger partial charge in [-0.05, 0) is 49.2 Å². The molecule has 3 aromatic rings. The van der Waals surface area contributed by atoms with Gasteiger partial charge in [-0.1, -0.05) is 18.2 Å². The van der Waals surface area contributed by atoms with E-state index in [9.17, 15) is 9.90 Å². The van der Waals surface area contributed by atoms with Gasteiger partial charge in [-0.3, -0.25) is 9.47 Å². The second-order valence-electron chi connectivity index (χ2n) is 6.74. The SMILES string of the molecule is COc1ccc(CN2CCC[C@H](n3c(=O)oc4ccccc43)C2)cc1O. The minimum absolute atomic E-state index is 0.0896. The Hall–Kier alpha value is -2.73. The number of benzene rings is 2. The van der Waals surface area contributed by atoms with Gasteiger partial charge in [0, 0.05) is 13.1 Å². The van der Waals surface area contributed by atoms with Crippen molar-refractivity contribution in [3.05, 3.63) is 58.6 Å². The normalized spacial score (nSPS) is 18.3. The molecule has 26 heavy (non-hydrogen) atoms. The van der Waals surface area contributed by atoms with E-state index in [1.165, 1.54) is 7.11 Å². The Morgan fingerprint density at radius 1 is 1.27 bits per heavy atom.